The molecule has 0 spiro atoms. The standard InChI is InChI=1S/C27H36N2O2/c1-4-27(31)28-25-8-5-7-24(19-25)22-14-17-29(18-15-22)16-6-9-26(30)23-12-10-21(11-13-23)20(2)3/h5,7-8,10-13,19-20,22H,4,6,9,14-18H2,1-3H3,(H,28,31). The molecule has 1 heterocycles. The maximum absolute atomic E-state index is 12.5. The number of hydrogen-bond acceptors (Lipinski definition) is 3. The normalized spacial score (nSPS) is 15.2. The lowest BCUT2D eigenvalue weighted by atomic mass is 9.89. The Hall–Kier alpha value is -2.46. The minimum absolute atomic E-state index is 0.0531. The summed E-state index contributed by atoms with van der Waals surface area (Å²) in [6.07, 6.45) is 4.26. The van der Waals surface area contributed by atoms with Crippen LogP contribution in [0.2, 0.25) is 0 Å². The topological polar surface area (TPSA) is 49.4 Å². The van der Waals surface area contributed by atoms with Crippen LogP contribution in [0.25, 0.3) is 0 Å². The molecular formula is C27H36N2O2. The highest BCUT2D eigenvalue weighted by atomic mass is 16.1. The van der Waals surface area contributed by atoms with Crippen LogP contribution in [0.1, 0.15) is 86.2 Å². The fourth-order valence-electron chi connectivity index (χ4n) is 4.27. The number of nitrogens with one attached hydrogen (secondary N) is 1. The van der Waals surface area contributed by atoms with Gasteiger partial charge >= 0.3 is 0 Å². The van der Waals surface area contributed by atoms with Crippen molar-refractivity contribution in [3.8, 4) is 0 Å². The van der Waals surface area contributed by atoms with Crippen LogP contribution in [0.5, 0.6) is 0 Å². The van der Waals surface area contributed by atoms with Gasteiger partial charge in [-0.15, -0.1) is 0 Å². The SMILES string of the molecule is CCC(=O)Nc1cccc(C2CCN(CCCC(=O)c3ccc(C(C)C)cc3)CC2)c1. The maximum Gasteiger partial charge on any atom is 0.224 e. The number of piperidine rings is 1. The summed E-state index contributed by atoms with van der Waals surface area (Å²) < 4.78 is 0. The van der Waals surface area contributed by atoms with Gasteiger partial charge in [-0.3, -0.25) is 9.59 Å². The Morgan fingerprint density at radius 2 is 1.77 bits per heavy atom. The molecule has 1 N–H and O–H groups in total. The minimum Gasteiger partial charge on any atom is -0.326 e. The third-order valence-corrected chi connectivity index (χ3v) is 6.33. The second-order valence-corrected chi connectivity index (χ2v) is 8.95. The molecule has 0 bridgehead atoms. The van der Waals surface area contributed by atoms with Crippen molar-refractivity contribution in [1.82, 2.24) is 4.90 Å². The zero-order valence-electron chi connectivity index (χ0n) is 19.2. The molecule has 0 aromatic heterocycles. The van der Waals surface area contributed by atoms with E-state index in [4.69, 9.17) is 0 Å². The van der Waals surface area contributed by atoms with Crippen molar-refractivity contribution in [2.24, 2.45) is 0 Å². The molecule has 1 aliphatic heterocycles. The van der Waals surface area contributed by atoms with E-state index in [9.17, 15) is 9.59 Å². The molecule has 0 aliphatic carbocycles. The number of ketones is 1. The number of carbonyl (C=O) groups excluding carboxylic acids is 2. The van der Waals surface area contributed by atoms with Crippen LogP contribution in [-0.4, -0.2) is 36.2 Å². The number of hydrogen-bond donors (Lipinski definition) is 1. The fourth-order valence-corrected chi connectivity index (χ4v) is 4.27. The van der Waals surface area contributed by atoms with Gasteiger partial charge in [0.2, 0.25) is 5.91 Å². The van der Waals surface area contributed by atoms with Crippen LogP contribution in [-0.2, 0) is 4.79 Å². The Morgan fingerprint density at radius 3 is 2.42 bits per heavy atom. The number of nitrogens with zero attached hydrogens (tertiary/aromatic N) is 1. The second kappa shape index (κ2) is 11.2. The molecule has 2 aromatic rings. The van der Waals surface area contributed by atoms with Gasteiger partial charge in [0.05, 0.1) is 0 Å². The first kappa shape index (κ1) is 23.2. The van der Waals surface area contributed by atoms with E-state index in [2.05, 4.69) is 48.3 Å². The van der Waals surface area contributed by atoms with Crippen LogP contribution in [0, 0.1) is 0 Å². The minimum atomic E-state index is 0.0531. The van der Waals surface area contributed by atoms with E-state index in [0.29, 0.717) is 24.7 Å². The largest absolute Gasteiger partial charge is 0.326 e. The molecule has 1 aliphatic rings. The average Bonchev–Trinajstić information content (AvgIpc) is 2.79. The molecule has 1 amide bonds. The molecule has 166 valence electrons. The molecule has 3 rings (SSSR count). The molecule has 31 heavy (non-hydrogen) atoms. The highest BCUT2D eigenvalue weighted by Gasteiger charge is 2.21. The summed E-state index contributed by atoms with van der Waals surface area (Å²) in [6.45, 7) is 9.31. The summed E-state index contributed by atoms with van der Waals surface area (Å²) in [5.74, 6) is 1.33. The van der Waals surface area contributed by atoms with Crippen molar-refractivity contribution in [3.05, 3.63) is 65.2 Å². The third-order valence-electron chi connectivity index (χ3n) is 6.33. The van der Waals surface area contributed by atoms with Crippen molar-refractivity contribution < 1.29 is 9.59 Å². The van der Waals surface area contributed by atoms with Crippen molar-refractivity contribution >= 4 is 17.4 Å². The quantitative estimate of drug-likeness (QED) is 0.506. The number of anilines is 1. The Bertz CT molecular complexity index is 865. The monoisotopic (exact) mass is 420 g/mol. The van der Waals surface area contributed by atoms with Crippen molar-refractivity contribution in [1.29, 1.82) is 0 Å². The lowest BCUT2D eigenvalue weighted by Gasteiger charge is -2.32. The van der Waals surface area contributed by atoms with Gasteiger partial charge in [0.1, 0.15) is 0 Å². The predicted octanol–water partition coefficient (Wildman–Crippen LogP) is 6.00. The molecule has 0 atom stereocenters. The first-order valence-corrected chi connectivity index (χ1v) is 11.7. The van der Waals surface area contributed by atoms with Crippen LogP contribution < -0.4 is 5.32 Å². The highest BCUT2D eigenvalue weighted by Crippen LogP contribution is 2.29. The number of rotatable bonds is 9. The summed E-state index contributed by atoms with van der Waals surface area (Å²) in [4.78, 5) is 26.6. The summed E-state index contributed by atoms with van der Waals surface area (Å²) in [5.41, 5.74) is 4.32. The van der Waals surface area contributed by atoms with Gasteiger partial charge in [0.25, 0.3) is 0 Å². The Balaban J connectivity index is 1.42. The number of likely N-dealkylation sites (tertiary alicyclic amines) is 1. The smallest absolute Gasteiger partial charge is 0.224 e. The summed E-state index contributed by atoms with van der Waals surface area (Å²) >= 11 is 0. The molecule has 4 nitrogen and oxygen atoms in total. The van der Waals surface area contributed by atoms with Gasteiger partial charge in [-0.05, 0) is 74.0 Å². The Labute approximate surface area is 187 Å². The van der Waals surface area contributed by atoms with Gasteiger partial charge < -0.3 is 10.2 Å². The molecule has 1 fully saturated rings. The Morgan fingerprint density at radius 1 is 1.06 bits per heavy atom. The van der Waals surface area contributed by atoms with Crippen molar-refractivity contribution in [2.45, 2.75) is 64.7 Å². The van der Waals surface area contributed by atoms with E-state index < -0.39 is 0 Å². The van der Waals surface area contributed by atoms with Crippen molar-refractivity contribution in [3.63, 3.8) is 0 Å². The average molecular weight is 421 g/mol. The summed E-state index contributed by atoms with van der Waals surface area (Å²) in [5, 5.41) is 2.96. The fraction of sp³-hybridized carbons (Fsp3) is 0.481. The zero-order chi connectivity index (χ0) is 22.2. The van der Waals surface area contributed by atoms with Crippen molar-refractivity contribution in [2.75, 3.05) is 25.0 Å². The second-order valence-electron chi connectivity index (χ2n) is 8.95. The summed E-state index contributed by atoms with van der Waals surface area (Å²) in [7, 11) is 0. The highest BCUT2D eigenvalue weighted by molar-refractivity contribution is 5.96. The lowest BCUT2D eigenvalue weighted by molar-refractivity contribution is -0.115. The molecule has 1 saturated heterocycles. The third kappa shape index (κ3) is 6.76. The van der Waals surface area contributed by atoms with Crippen LogP contribution in [0.15, 0.2) is 48.5 Å². The molecular weight excluding hydrogens is 384 g/mol. The maximum atomic E-state index is 12.5. The molecule has 0 saturated carbocycles. The predicted molar refractivity (Wildman–Crippen MR) is 128 cm³/mol. The number of amides is 1. The first-order valence-electron chi connectivity index (χ1n) is 11.7. The number of carbonyl (C=O) groups is 2. The number of Topliss-reactive ketones (excluding diaryl/α,β-unsaturated/α-hetero) is 1. The van der Waals surface area contributed by atoms with Gasteiger partial charge in [-0.1, -0.05) is 57.2 Å². The first-order chi connectivity index (χ1) is 15.0. The molecule has 0 unspecified atom stereocenters. The zero-order valence-corrected chi connectivity index (χ0v) is 19.2. The van der Waals surface area contributed by atoms with E-state index in [1.165, 1.54) is 11.1 Å². The van der Waals surface area contributed by atoms with Crippen LogP contribution in [0.4, 0.5) is 5.69 Å². The van der Waals surface area contributed by atoms with E-state index >= 15 is 0 Å². The van der Waals surface area contributed by atoms with E-state index in [0.717, 1.165) is 50.1 Å². The van der Waals surface area contributed by atoms with E-state index in [1.54, 1.807) is 0 Å². The Kier molecular flexibility index (Phi) is 8.42. The van der Waals surface area contributed by atoms with Gasteiger partial charge in [0.15, 0.2) is 5.78 Å². The number of benzene rings is 2. The van der Waals surface area contributed by atoms with Crippen LogP contribution in [0.3, 0.4) is 0 Å². The van der Waals surface area contributed by atoms with Gasteiger partial charge in [-0.25, -0.2) is 0 Å². The van der Waals surface area contributed by atoms with Gasteiger partial charge in [0, 0.05) is 24.1 Å². The van der Waals surface area contributed by atoms with E-state index in [-0.39, 0.29) is 11.7 Å². The lowest BCUT2D eigenvalue weighted by Crippen LogP contribution is -2.33. The van der Waals surface area contributed by atoms with E-state index in [1.807, 2.05) is 31.2 Å². The molecule has 4 heteroatoms. The summed E-state index contributed by atoms with van der Waals surface area (Å²) in [6, 6.07) is 16.4. The van der Waals surface area contributed by atoms with Crippen LogP contribution >= 0.6 is 0 Å². The molecule has 0 radical (unpaired) electrons. The van der Waals surface area contributed by atoms with Gasteiger partial charge in [-0.2, -0.15) is 0 Å². The molecule has 2 aromatic carbocycles.